The first-order valence-electron chi connectivity index (χ1n) is 6.68. The zero-order chi connectivity index (χ0) is 14.4. The van der Waals surface area contributed by atoms with Gasteiger partial charge in [-0.2, -0.15) is 0 Å². The Morgan fingerprint density at radius 2 is 1.70 bits per heavy atom. The minimum absolute atomic E-state index is 0.0729. The molecule has 20 heavy (non-hydrogen) atoms. The average Bonchev–Trinajstić information content (AvgIpc) is 2.46. The molecule has 0 radical (unpaired) electrons. The van der Waals surface area contributed by atoms with Crippen molar-refractivity contribution in [2.45, 2.75) is 25.3 Å². The molecule has 2 N–H and O–H groups in total. The minimum atomic E-state index is -0.348. The van der Waals surface area contributed by atoms with Gasteiger partial charge in [0.05, 0.1) is 4.92 Å². The highest BCUT2D eigenvalue weighted by atomic mass is 16.6. The summed E-state index contributed by atoms with van der Waals surface area (Å²) in [5.74, 6) is 0. The molecular weight excluding hydrogens is 252 g/mol. The number of hydrogen-bond donors (Lipinski definition) is 1. The molecule has 0 aromatic heterocycles. The molecule has 0 bridgehead atoms. The minimum Gasteiger partial charge on any atom is -0.327 e. The fourth-order valence-corrected chi connectivity index (χ4v) is 2.24. The molecule has 1 unspecified atom stereocenters. The predicted molar refractivity (Wildman–Crippen MR) is 79.5 cm³/mol. The van der Waals surface area contributed by atoms with Crippen LogP contribution in [0.5, 0.6) is 0 Å². The molecule has 104 valence electrons. The molecule has 2 aromatic carbocycles. The molecule has 4 nitrogen and oxygen atoms in total. The number of nitro groups is 1. The largest absolute Gasteiger partial charge is 0.327 e. The van der Waals surface area contributed by atoms with Crippen LogP contribution in [-0.4, -0.2) is 11.0 Å². The number of benzene rings is 2. The topological polar surface area (TPSA) is 69.2 Å². The van der Waals surface area contributed by atoms with Crippen LogP contribution in [0.1, 0.15) is 17.5 Å². The Bertz CT molecular complexity index is 570. The quantitative estimate of drug-likeness (QED) is 0.647. The van der Waals surface area contributed by atoms with Crippen LogP contribution >= 0.6 is 0 Å². The van der Waals surface area contributed by atoms with E-state index >= 15 is 0 Å². The number of para-hydroxylation sites is 1. The van der Waals surface area contributed by atoms with Gasteiger partial charge < -0.3 is 5.73 Å². The molecule has 0 aliphatic heterocycles. The van der Waals surface area contributed by atoms with Crippen LogP contribution in [0.25, 0.3) is 0 Å². The first-order chi connectivity index (χ1) is 9.66. The first kappa shape index (κ1) is 14.2. The lowest BCUT2D eigenvalue weighted by Crippen LogP contribution is -2.24. The number of nitrogens with zero attached hydrogens (tertiary/aromatic N) is 1. The lowest BCUT2D eigenvalue weighted by Gasteiger charge is -2.11. The van der Waals surface area contributed by atoms with Crippen molar-refractivity contribution >= 4 is 5.69 Å². The van der Waals surface area contributed by atoms with Crippen LogP contribution in [-0.2, 0) is 12.8 Å². The van der Waals surface area contributed by atoms with E-state index in [1.54, 1.807) is 12.1 Å². The van der Waals surface area contributed by atoms with Crippen molar-refractivity contribution < 1.29 is 4.92 Å². The molecule has 0 heterocycles. The fraction of sp³-hybridized carbons (Fsp3) is 0.250. The van der Waals surface area contributed by atoms with Crippen LogP contribution < -0.4 is 5.73 Å². The second-order valence-electron chi connectivity index (χ2n) is 4.87. The summed E-state index contributed by atoms with van der Waals surface area (Å²) in [4.78, 5) is 10.6. The number of nitrogens with two attached hydrogens (primary N) is 1. The van der Waals surface area contributed by atoms with Gasteiger partial charge in [-0.05, 0) is 24.8 Å². The van der Waals surface area contributed by atoms with Gasteiger partial charge in [0.25, 0.3) is 5.69 Å². The fourth-order valence-electron chi connectivity index (χ4n) is 2.24. The van der Waals surface area contributed by atoms with E-state index < -0.39 is 0 Å². The maximum absolute atomic E-state index is 10.9. The lowest BCUT2D eigenvalue weighted by molar-refractivity contribution is -0.385. The maximum Gasteiger partial charge on any atom is 0.272 e. The van der Waals surface area contributed by atoms with Crippen LogP contribution in [0.3, 0.4) is 0 Å². The third-order valence-corrected chi connectivity index (χ3v) is 3.32. The molecule has 0 aliphatic carbocycles. The second-order valence-corrected chi connectivity index (χ2v) is 4.87. The summed E-state index contributed by atoms with van der Waals surface area (Å²) >= 11 is 0. The Morgan fingerprint density at radius 3 is 2.40 bits per heavy atom. The summed E-state index contributed by atoms with van der Waals surface area (Å²) in [6.45, 7) is 0. The standard InChI is InChI=1S/C16H18N2O2/c17-15(11-10-13-6-2-1-3-7-13)12-14-8-4-5-9-16(14)18(19)20/h1-9,15H,10-12,17H2. The van der Waals surface area contributed by atoms with Gasteiger partial charge in [-0.25, -0.2) is 0 Å². The molecule has 2 rings (SSSR count). The number of hydrogen-bond acceptors (Lipinski definition) is 3. The Balaban J connectivity index is 1.95. The zero-order valence-corrected chi connectivity index (χ0v) is 11.2. The maximum atomic E-state index is 10.9. The van der Waals surface area contributed by atoms with Gasteiger partial charge in [0.2, 0.25) is 0 Å². The summed E-state index contributed by atoms with van der Waals surface area (Å²) in [6.07, 6.45) is 2.24. The van der Waals surface area contributed by atoms with Gasteiger partial charge in [-0.15, -0.1) is 0 Å². The third-order valence-electron chi connectivity index (χ3n) is 3.32. The lowest BCUT2D eigenvalue weighted by atomic mass is 9.99. The molecule has 1 atom stereocenters. The first-order valence-corrected chi connectivity index (χ1v) is 6.68. The normalized spacial score (nSPS) is 12.1. The number of rotatable bonds is 6. The second kappa shape index (κ2) is 6.82. The molecule has 0 aliphatic rings. The molecule has 0 amide bonds. The molecule has 0 saturated heterocycles. The summed E-state index contributed by atoms with van der Waals surface area (Å²) in [5.41, 5.74) is 8.20. The van der Waals surface area contributed by atoms with Gasteiger partial charge in [0, 0.05) is 17.7 Å². The highest BCUT2D eigenvalue weighted by Crippen LogP contribution is 2.19. The van der Waals surface area contributed by atoms with E-state index in [0.29, 0.717) is 12.0 Å². The number of aryl methyl sites for hydroxylation is 1. The van der Waals surface area contributed by atoms with Crippen LogP contribution in [0.4, 0.5) is 5.69 Å². The third kappa shape index (κ3) is 3.90. The monoisotopic (exact) mass is 270 g/mol. The van der Waals surface area contributed by atoms with E-state index in [2.05, 4.69) is 12.1 Å². The van der Waals surface area contributed by atoms with Crippen LogP contribution in [0.15, 0.2) is 54.6 Å². The van der Waals surface area contributed by atoms with Gasteiger partial charge >= 0.3 is 0 Å². The van der Waals surface area contributed by atoms with E-state index in [4.69, 9.17) is 5.73 Å². The summed E-state index contributed by atoms with van der Waals surface area (Å²) in [7, 11) is 0. The van der Waals surface area contributed by atoms with E-state index in [0.717, 1.165) is 12.8 Å². The van der Waals surface area contributed by atoms with Gasteiger partial charge in [-0.1, -0.05) is 48.5 Å². The van der Waals surface area contributed by atoms with Crippen molar-refractivity contribution in [1.82, 2.24) is 0 Å². The van der Waals surface area contributed by atoms with Crippen molar-refractivity contribution in [2.75, 3.05) is 0 Å². The smallest absolute Gasteiger partial charge is 0.272 e. The SMILES string of the molecule is NC(CCc1ccccc1)Cc1ccccc1[N+](=O)[O-]. The average molecular weight is 270 g/mol. The molecular formula is C16H18N2O2. The Labute approximate surface area is 118 Å². The van der Waals surface area contributed by atoms with Crippen LogP contribution in [0.2, 0.25) is 0 Å². The number of nitro benzene ring substituents is 1. The molecule has 4 heteroatoms. The summed E-state index contributed by atoms with van der Waals surface area (Å²) in [6, 6.07) is 16.8. The van der Waals surface area contributed by atoms with Crippen molar-refractivity contribution in [3.8, 4) is 0 Å². The molecule has 2 aromatic rings. The van der Waals surface area contributed by atoms with Gasteiger partial charge in [0.1, 0.15) is 0 Å². The van der Waals surface area contributed by atoms with E-state index in [-0.39, 0.29) is 16.7 Å². The summed E-state index contributed by atoms with van der Waals surface area (Å²) < 4.78 is 0. The van der Waals surface area contributed by atoms with Crippen molar-refractivity contribution in [2.24, 2.45) is 5.73 Å². The Morgan fingerprint density at radius 1 is 1.05 bits per heavy atom. The van der Waals surface area contributed by atoms with Crippen molar-refractivity contribution in [1.29, 1.82) is 0 Å². The molecule has 0 fully saturated rings. The Hall–Kier alpha value is -2.20. The van der Waals surface area contributed by atoms with E-state index in [1.165, 1.54) is 11.6 Å². The van der Waals surface area contributed by atoms with Gasteiger partial charge in [-0.3, -0.25) is 10.1 Å². The predicted octanol–water partition coefficient (Wildman–Crippen LogP) is 3.10. The van der Waals surface area contributed by atoms with E-state index in [9.17, 15) is 10.1 Å². The van der Waals surface area contributed by atoms with Crippen LogP contribution in [0, 0.1) is 10.1 Å². The molecule has 0 saturated carbocycles. The summed E-state index contributed by atoms with van der Waals surface area (Å²) in [5, 5.41) is 10.9. The zero-order valence-electron chi connectivity index (χ0n) is 11.2. The van der Waals surface area contributed by atoms with Crippen molar-refractivity contribution in [3.05, 3.63) is 75.8 Å². The van der Waals surface area contributed by atoms with E-state index in [1.807, 2.05) is 24.3 Å². The highest BCUT2D eigenvalue weighted by molar-refractivity contribution is 5.40. The van der Waals surface area contributed by atoms with Gasteiger partial charge in [0.15, 0.2) is 0 Å². The van der Waals surface area contributed by atoms with Crippen molar-refractivity contribution in [3.63, 3.8) is 0 Å². The highest BCUT2D eigenvalue weighted by Gasteiger charge is 2.15. The molecule has 0 spiro atoms. The Kier molecular flexibility index (Phi) is 4.85.